The van der Waals surface area contributed by atoms with Gasteiger partial charge in [-0.3, -0.25) is 0 Å². The molecule has 0 radical (unpaired) electrons. The molecule has 0 saturated heterocycles. The first kappa shape index (κ1) is 15.5. The van der Waals surface area contributed by atoms with Gasteiger partial charge in [0.2, 0.25) is 0 Å². The van der Waals surface area contributed by atoms with Gasteiger partial charge in [0.1, 0.15) is 0 Å². The number of ether oxygens (including phenoxy) is 1. The molecule has 0 amide bonds. The van der Waals surface area contributed by atoms with Crippen LogP contribution in [-0.2, 0) is 11.3 Å². The second kappa shape index (κ2) is 10.4. The quantitative estimate of drug-likeness (QED) is 0.501. The summed E-state index contributed by atoms with van der Waals surface area (Å²) in [6.07, 6.45) is 9.30. The second-order valence-corrected chi connectivity index (χ2v) is 5.24. The van der Waals surface area contributed by atoms with Crippen LogP contribution in [0.25, 0.3) is 0 Å². The molecule has 0 aromatic heterocycles. The lowest BCUT2D eigenvalue weighted by Crippen LogP contribution is -1.95. The minimum Gasteiger partial charge on any atom is -0.377 e. The van der Waals surface area contributed by atoms with E-state index < -0.39 is 0 Å². The number of rotatable bonds is 10. The third kappa shape index (κ3) is 7.73. The highest BCUT2D eigenvalue weighted by Gasteiger charge is 1.94. The summed E-state index contributed by atoms with van der Waals surface area (Å²) in [6, 6.07) is 7.86. The van der Waals surface area contributed by atoms with Crippen molar-refractivity contribution >= 4 is 11.6 Å². The van der Waals surface area contributed by atoms with Gasteiger partial charge in [-0.15, -0.1) is 0 Å². The van der Waals surface area contributed by atoms with Crippen molar-refractivity contribution in [2.24, 2.45) is 0 Å². The zero-order chi connectivity index (χ0) is 13.1. The largest absolute Gasteiger partial charge is 0.377 e. The minimum absolute atomic E-state index is 0.701. The van der Waals surface area contributed by atoms with E-state index in [9.17, 15) is 0 Å². The van der Waals surface area contributed by atoms with Crippen molar-refractivity contribution in [1.29, 1.82) is 0 Å². The van der Waals surface area contributed by atoms with Gasteiger partial charge in [-0.2, -0.15) is 0 Å². The molecule has 2 heteroatoms. The van der Waals surface area contributed by atoms with E-state index >= 15 is 0 Å². The maximum absolute atomic E-state index is 5.83. The van der Waals surface area contributed by atoms with E-state index in [0.717, 1.165) is 11.6 Å². The normalized spacial score (nSPS) is 10.8. The van der Waals surface area contributed by atoms with E-state index in [0.29, 0.717) is 6.61 Å². The van der Waals surface area contributed by atoms with E-state index in [2.05, 4.69) is 6.92 Å². The van der Waals surface area contributed by atoms with Crippen LogP contribution in [0.15, 0.2) is 24.3 Å². The highest BCUT2D eigenvalue weighted by Crippen LogP contribution is 2.11. The van der Waals surface area contributed by atoms with Crippen LogP contribution >= 0.6 is 11.6 Å². The van der Waals surface area contributed by atoms with Crippen LogP contribution in [0.1, 0.15) is 57.4 Å². The standard InChI is InChI=1S/C16H25ClO/c1-2-3-4-5-6-7-8-13-18-14-15-9-11-16(17)12-10-15/h9-12H,2-8,13-14H2,1H3. The minimum atomic E-state index is 0.701. The van der Waals surface area contributed by atoms with E-state index in [4.69, 9.17) is 16.3 Å². The highest BCUT2D eigenvalue weighted by molar-refractivity contribution is 6.30. The van der Waals surface area contributed by atoms with E-state index in [-0.39, 0.29) is 0 Å². The van der Waals surface area contributed by atoms with Crippen LogP contribution in [0.2, 0.25) is 5.02 Å². The van der Waals surface area contributed by atoms with Gasteiger partial charge in [-0.25, -0.2) is 0 Å². The third-order valence-electron chi connectivity index (χ3n) is 3.07. The van der Waals surface area contributed by atoms with Gasteiger partial charge in [0, 0.05) is 11.6 Å². The average Bonchev–Trinajstić information content (AvgIpc) is 2.39. The molecule has 0 aliphatic rings. The lowest BCUT2D eigenvalue weighted by Gasteiger charge is -2.04. The lowest BCUT2D eigenvalue weighted by atomic mass is 10.1. The molecule has 0 heterocycles. The fraction of sp³-hybridized carbons (Fsp3) is 0.625. The molecule has 0 spiro atoms. The molecule has 102 valence electrons. The number of unbranched alkanes of at least 4 members (excludes halogenated alkanes) is 6. The first-order chi connectivity index (χ1) is 8.83. The van der Waals surface area contributed by atoms with Crippen molar-refractivity contribution in [1.82, 2.24) is 0 Å². The van der Waals surface area contributed by atoms with Crippen molar-refractivity contribution in [2.45, 2.75) is 58.5 Å². The smallest absolute Gasteiger partial charge is 0.0716 e. The molecule has 0 fully saturated rings. The maximum atomic E-state index is 5.83. The van der Waals surface area contributed by atoms with Gasteiger partial charge in [0.15, 0.2) is 0 Å². The molecule has 1 aromatic rings. The summed E-state index contributed by atoms with van der Waals surface area (Å²) in [7, 11) is 0. The SMILES string of the molecule is CCCCCCCCCOCc1ccc(Cl)cc1. The van der Waals surface area contributed by atoms with Gasteiger partial charge in [-0.1, -0.05) is 69.2 Å². The number of hydrogen-bond donors (Lipinski definition) is 0. The molecule has 18 heavy (non-hydrogen) atoms. The molecular formula is C16H25ClO. The monoisotopic (exact) mass is 268 g/mol. The predicted octanol–water partition coefficient (Wildman–Crippen LogP) is 5.61. The Bertz CT molecular complexity index is 294. The van der Waals surface area contributed by atoms with Gasteiger partial charge in [0.25, 0.3) is 0 Å². The van der Waals surface area contributed by atoms with Crippen LogP contribution in [0.5, 0.6) is 0 Å². The number of hydrogen-bond acceptors (Lipinski definition) is 1. The van der Waals surface area contributed by atoms with Crippen molar-refractivity contribution in [3.63, 3.8) is 0 Å². The van der Waals surface area contributed by atoms with Crippen molar-refractivity contribution in [3.05, 3.63) is 34.9 Å². The Kier molecular flexibility index (Phi) is 8.97. The first-order valence-electron chi connectivity index (χ1n) is 7.15. The molecule has 1 aromatic carbocycles. The lowest BCUT2D eigenvalue weighted by molar-refractivity contribution is 0.116. The Hall–Kier alpha value is -0.530. The van der Waals surface area contributed by atoms with Gasteiger partial charge in [-0.05, 0) is 24.1 Å². The van der Waals surface area contributed by atoms with E-state index in [1.54, 1.807) is 0 Å². The molecule has 0 unspecified atom stereocenters. The Balaban J connectivity index is 1.91. The summed E-state index contributed by atoms with van der Waals surface area (Å²) in [5.74, 6) is 0. The van der Waals surface area contributed by atoms with Crippen molar-refractivity contribution < 1.29 is 4.74 Å². The third-order valence-corrected chi connectivity index (χ3v) is 3.33. The topological polar surface area (TPSA) is 9.23 Å². The summed E-state index contributed by atoms with van der Waals surface area (Å²) in [5.41, 5.74) is 1.20. The van der Waals surface area contributed by atoms with Crippen molar-refractivity contribution in [3.8, 4) is 0 Å². The van der Waals surface area contributed by atoms with Crippen LogP contribution in [0.4, 0.5) is 0 Å². The molecule has 1 rings (SSSR count). The molecule has 0 saturated carbocycles. The fourth-order valence-electron chi connectivity index (χ4n) is 1.93. The average molecular weight is 269 g/mol. The molecule has 0 bridgehead atoms. The van der Waals surface area contributed by atoms with Gasteiger partial charge in [0.05, 0.1) is 6.61 Å². The molecular weight excluding hydrogens is 244 g/mol. The Morgan fingerprint density at radius 3 is 2.17 bits per heavy atom. The molecule has 0 N–H and O–H groups in total. The Morgan fingerprint density at radius 2 is 1.50 bits per heavy atom. The summed E-state index contributed by atoms with van der Waals surface area (Å²) >= 11 is 5.83. The summed E-state index contributed by atoms with van der Waals surface area (Å²) in [5, 5.41) is 0.783. The zero-order valence-corrected chi connectivity index (χ0v) is 12.2. The summed E-state index contributed by atoms with van der Waals surface area (Å²) in [4.78, 5) is 0. The second-order valence-electron chi connectivity index (χ2n) is 4.80. The summed E-state index contributed by atoms with van der Waals surface area (Å²) in [6.45, 7) is 3.83. The highest BCUT2D eigenvalue weighted by atomic mass is 35.5. The first-order valence-corrected chi connectivity index (χ1v) is 7.53. The van der Waals surface area contributed by atoms with Crippen molar-refractivity contribution in [2.75, 3.05) is 6.61 Å². The zero-order valence-electron chi connectivity index (χ0n) is 11.5. The van der Waals surface area contributed by atoms with Crippen LogP contribution in [0, 0.1) is 0 Å². The molecule has 0 aliphatic carbocycles. The van der Waals surface area contributed by atoms with Crippen LogP contribution < -0.4 is 0 Å². The molecule has 0 aliphatic heterocycles. The summed E-state index contributed by atoms with van der Waals surface area (Å²) < 4.78 is 5.64. The van der Waals surface area contributed by atoms with Gasteiger partial charge >= 0.3 is 0 Å². The fourth-order valence-corrected chi connectivity index (χ4v) is 2.06. The molecule has 0 atom stereocenters. The van der Waals surface area contributed by atoms with E-state index in [1.165, 1.54) is 50.5 Å². The number of halogens is 1. The van der Waals surface area contributed by atoms with Gasteiger partial charge < -0.3 is 4.74 Å². The Labute approximate surface area is 116 Å². The number of benzene rings is 1. The van der Waals surface area contributed by atoms with Crippen LogP contribution in [0.3, 0.4) is 0 Å². The maximum Gasteiger partial charge on any atom is 0.0716 e. The van der Waals surface area contributed by atoms with E-state index in [1.807, 2.05) is 24.3 Å². The Morgan fingerprint density at radius 1 is 0.889 bits per heavy atom. The predicted molar refractivity (Wildman–Crippen MR) is 79.1 cm³/mol. The van der Waals surface area contributed by atoms with Crippen LogP contribution in [-0.4, -0.2) is 6.61 Å². The molecule has 1 nitrogen and oxygen atoms in total.